The lowest BCUT2D eigenvalue weighted by Gasteiger charge is -2.12. The molecule has 176 valence electrons. The largest absolute Gasteiger partial charge is 0.489 e. The molecule has 1 aliphatic rings. The van der Waals surface area contributed by atoms with Gasteiger partial charge < -0.3 is 9.30 Å². The molecule has 2 heterocycles. The zero-order chi connectivity index (χ0) is 24.5. The molecule has 1 aliphatic heterocycles. The van der Waals surface area contributed by atoms with Gasteiger partial charge in [0, 0.05) is 32.2 Å². The minimum atomic E-state index is -0.411. The zero-order valence-corrected chi connectivity index (χ0v) is 21.2. The van der Waals surface area contributed by atoms with E-state index in [0.29, 0.717) is 22.2 Å². The summed E-state index contributed by atoms with van der Waals surface area (Å²) in [4.78, 5) is 27.2. The second-order valence-corrected chi connectivity index (χ2v) is 10.1. The van der Waals surface area contributed by atoms with E-state index in [1.54, 1.807) is 48.5 Å². The molecule has 0 saturated carbocycles. The van der Waals surface area contributed by atoms with Crippen molar-refractivity contribution < 1.29 is 18.7 Å². The van der Waals surface area contributed by atoms with Crippen molar-refractivity contribution in [2.75, 3.05) is 11.5 Å². The van der Waals surface area contributed by atoms with Gasteiger partial charge in [-0.05, 0) is 72.4 Å². The van der Waals surface area contributed by atoms with E-state index in [4.69, 9.17) is 16.3 Å². The standard InChI is InChI=1S/C26H17BrClFN2O3S/c27-17-5-10-22-20(14-17)16(15-30(22)11-12-34-23-4-2-1-3-21(23)29)13-24-25(32)31(26(33)35-24)19-8-6-18(28)7-9-19/h1-10,13-15H,11-12H2/b24-13-. The minimum absolute atomic E-state index is 0.197. The zero-order valence-electron chi connectivity index (χ0n) is 18.1. The molecule has 0 unspecified atom stereocenters. The Bertz CT molecular complexity index is 1490. The van der Waals surface area contributed by atoms with E-state index in [-0.39, 0.29) is 23.5 Å². The van der Waals surface area contributed by atoms with Crippen molar-refractivity contribution in [3.05, 3.63) is 98.7 Å². The minimum Gasteiger partial charge on any atom is -0.489 e. The van der Waals surface area contributed by atoms with Gasteiger partial charge in [-0.25, -0.2) is 9.29 Å². The van der Waals surface area contributed by atoms with Gasteiger partial charge in [-0.15, -0.1) is 0 Å². The van der Waals surface area contributed by atoms with Crippen molar-refractivity contribution in [1.82, 2.24) is 4.57 Å². The summed E-state index contributed by atoms with van der Waals surface area (Å²) in [7, 11) is 0. The van der Waals surface area contributed by atoms with E-state index in [2.05, 4.69) is 15.9 Å². The van der Waals surface area contributed by atoms with Crippen LogP contribution in [0.25, 0.3) is 17.0 Å². The lowest BCUT2D eigenvalue weighted by Crippen LogP contribution is -2.27. The Hall–Kier alpha value is -3.07. The van der Waals surface area contributed by atoms with Gasteiger partial charge in [0.05, 0.1) is 17.1 Å². The number of para-hydroxylation sites is 1. The Kier molecular flexibility index (Phi) is 6.69. The molecule has 3 aromatic carbocycles. The second-order valence-electron chi connectivity index (χ2n) is 7.71. The summed E-state index contributed by atoms with van der Waals surface area (Å²) in [5.41, 5.74) is 2.18. The molecule has 1 aromatic heterocycles. The van der Waals surface area contributed by atoms with Gasteiger partial charge in [-0.2, -0.15) is 0 Å². The van der Waals surface area contributed by atoms with Gasteiger partial charge in [0.15, 0.2) is 11.6 Å². The van der Waals surface area contributed by atoms with Crippen LogP contribution in [0.4, 0.5) is 14.9 Å². The molecule has 0 spiro atoms. The molecule has 2 amide bonds. The van der Waals surface area contributed by atoms with Crippen LogP contribution >= 0.6 is 39.3 Å². The van der Waals surface area contributed by atoms with E-state index in [0.717, 1.165) is 37.6 Å². The lowest BCUT2D eigenvalue weighted by molar-refractivity contribution is -0.113. The number of fused-ring (bicyclic) bond motifs is 1. The molecule has 4 aromatic rings. The van der Waals surface area contributed by atoms with E-state index in [1.807, 2.05) is 29.0 Å². The second kappa shape index (κ2) is 9.89. The van der Waals surface area contributed by atoms with Crippen LogP contribution in [0.3, 0.4) is 0 Å². The number of hydrogen-bond acceptors (Lipinski definition) is 4. The van der Waals surface area contributed by atoms with Gasteiger partial charge in [-0.3, -0.25) is 9.59 Å². The molecule has 0 radical (unpaired) electrons. The van der Waals surface area contributed by atoms with E-state index in [1.165, 1.54) is 6.07 Å². The van der Waals surface area contributed by atoms with Gasteiger partial charge in [-0.1, -0.05) is 39.7 Å². The Labute approximate surface area is 218 Å². The molecule has 0 N–H and O–H groups in total. The average Bonchev–Trinajstić information content (AvgIpc) is 3.31. The molecule has 0 bridgehead atoms. The van der Waals surface area contributed by atoms with Crippen molar-refractivity contribution in [2.24, 2.45) is 0 Å². The number of rotatable bonds is 6. The molecule has 1 saturated heterocycles. The smallest absolute Gasteiger partial charge is 0.298 e. The van der Waals surface area contributed by atoms with Crippen LogP contribution in [-0.4, -0.2) is 22.3 Å². The first-order valence-corrected chi connectivity index (χ1v) is 12.6. The highest BCUT2D eigenvalue weighted by Gasteiger charge is 2.36. The van der Waals surface area contributed by atoms with E-state index >= 15 is 0 Å². The number of nitrogens with zero attached hydrogens (tertiary/aromatic N) is 2. The van der Waals surface area contributed by atoms with Crippen LogP contribution in [0.2, 0.25) is 5.02 Å². The Morgan fingerprint density at radius 1 is 1.06 bits per heavy atom. The van der Waals surface area contributed by atoms with Crippen molar-refractivity contribution in [3.63, 3.8) is 0 Å². The highest BCUT2D eigenvalue weighted by Crippen LogP contribution is 2.37. The van der Waals surface area contributed by atoms with Crippen molar-refractivity contribution in [2.45, 2.75) is 6.54 Å². The predicted molar refractivity (Wildman–Crippen MR) is 141 cm³/mol. The van der Waals surface area contributed by atoms with Gasteiger partial charge in [0.1, 0.15) is 6.61 Å². The lowest BCUT2D eigenvalue weighted by atomic mass is 10.1. The van der Waals surface area contributed by atoms with Crippen LogP contribution < -0.4 is 9.64 Å². The molecule has 0 atom stereocenters. The number of amides is 2. The first-order chi connectivity index (χ1) is 16.9. The Morgan fingerprint density at radius 3 is 2.60 bits per heavy atom. The van der Waals surface area contributed by atoms with Crippen LogP contribution in [0, 0.1) is 5.82 Å². The van der Waals surface area contributed by atoms with Crippen LogP contribution in [-0.2, 0) is 11.3 Å². The number of hydrogen-bond donors (Lipinski definition) is 0. The molecule has 5 nitrogen and oxygen atoms in total. The third-order valence-electron chi connectivity index (χ3n) is 5.47. The van der Waals surface area contributed by atoms with Crippen molar-refractivity contribution in [3.8, 4) is 5.75 Å². The number of carbonyl (C=O) groups excluding carboxylic acids is 2. The van der Waals surface area contributed by atoms with Gasteiger partial charge >= 0.3 is 0 Å². The topological polar surface area (TPSA) is 51.5 Å². The first kappa shape index (κ1) is 23.7. The molecular weight excluding hydrogens is 555 g/mol. The van der Waals surface area contributed by atoms with Crippen molar-refractivity contribution in [1.29, 1.82) is 0 Å². The van der Waals surface area contributed by atoms with Crippen molar-refractivity contribution >= 4 is 73.1 Å². The van der Waals surface area contributed by atoms with Gasteiger partial charge in [0.2, 0.25) is 0 Å². The number of halogens is 3. The summed E-state index contributed by atoms with van der Waals surface area (Å²) >= 11 is 10.3. The fraction of sp³-hybridized carbons (Fsp3) is 0.0769. The molecule has 35 heavy (non-hydrogen) atoms. The Balaban J connectivity index is 1.43. The highest BCUT2D eigenvalue weighted by molar-refractivity contribution is 9.10. The summed E-state index contributed by atoms with van der Waals surface area (Å²) in [5, 5.41) is 1.06. The number of thioether (sulfide) groups is 1. The first-order valence-electron chi connectivity index (χ1n) is 10.6. The maximum Gasteiger partial charge on any atom is 0.298 e. The summed E-state index contributed by atoms with van der Waals surface area (Å²) in [5.74, 6) is -0.602. The SMILES string of the molecule is O=C1S/C(=C\c2cn(CCOc3ccccc3F)c3ccc(Br)cc23)C(=O)N1c1ccc(Cl)cc1. The number of aromatic nitrogens is 1. The third-order valence-corrected chi connectivity index (χ3v) is 7.08. The molecule has 1 fully saturated rings. The summed E-state index contributed by atoms with van der Waals surface area (Å²) in [6.07, 6.45) is 3.63. The fourth-order valence-electron chi connectivity index (χ4n) is 3.83. The summed E-state index contributed by atoms with van der Waals surface area (Å²) in [6, 6.07) is 18.7. The fourth-order valence-corrected chi connectivity index (χ4v) is 5.15. The van der Waals surface area contributed by atoms with Gasteiger partial charge in [0.25, 0.3) is 11.1 Å². The van der Waals surface area contributed by atoms with E-state index < -0.39 is 5.82 Å². The number of anilines is 1. The average molecular weight is 572 g/mol. The molecule has 5 rings (SSSR count). The molecule has 9 heteroatoms. The van der Waals surface area contributed by atoms with Crippen LogP contribution in [0.5, 0.6) is 5.75 Å². The summed E-state index contributed by atoms with van der Waals surface area (Å²) < 4.78 is 22.4. The quantitative estimate of drug-likeness (QED) is 0.225. The molecule has 0 aliphatic carbocycles. The van der Waals surface area contributed by atoms with E-state index in [9.17, 15) is 14.0 Å². The predicted octanol–water partition coefficient (Wildman–Crippen LogP) is 7.52. The Morgan fingerprint density at radius 2 is 1.83 bits per heavy atom. The number of carbonyl (C=O) groups is 2. The van der Waals surface area contributed by atoms with Crippen LogP contribution in [0.1, 0.15) is 5.56 Å². The normalized spacial score (nSPS) is 14.9. The van der Waals surface area contributed by atoms with Crippen LogP contribution in [0.15, 0.2) is 82.3 Å². The highest BCUT2D eigenvalue weighted by atomic mass is 79.9. The summed E-state index contributed by atoms with van der Waals surface area (Å²) in [6.45, 7) is 0.722. The number of imide groups is 1. The number of ether oxygens (including phenoxy) is 1. The monoisotopic (exact) mass is 570 g/mol. The third kappa shape index (κ3) is 4.87. The maximum atomic E-state index is 13.9. The maximum absolute atomic E-state index is 13.9. The molecular formula is C26H17BrClFN2O3S. The number of benzene rings is 3.